The number of rotatable bonds is 20. The number of aliphatic hydroxyl groups is 1. The molecular formula is C26H47N3O3. The summed E-state index contributed by atoms with van der Waals surface area (Å²) in [5.41, 5.74) is 12.3. The highest BCUT2D eigenvalue weighted by Crippen LogP contribution is 2.16. The number of aliphatic hydroxyl groups excluding tert-OH is 1. The van der Waals surface area contributed by atoms with Gasteiger partial charge in [-0.3, -0.25) is 4.79 Å². The van der Waals surface area contributed by atoms with Crippen molar-refractivity contribution in [2.75, 3.05) is 6.54 Å². The molecule has 0 saturated heterocycles. The van der Waals surface area contributed by atoms with Crippen molar-refractivity contribution in [3.8, 4) is 0 Å². The van der Waals surface area contributed by atoms with Crippen LogP contribution in [0.1, 0.15) is 96.0 Å². The quantitative estimate of drug-likeness (QED) is 0.174. The maximum Gasteiger partial charge on any atom is 0.222 e. The monoisotopic (exact) mass is 449 g/mol. The number of carbonyl (C=O) groups is 1. The van der Waals surface area contributed by atoms with Gasteiger partial charge in [-0.25, -0.2) is 0 Å². The first-order valence-electron chi connectivity index (χ1n) is 12.6. The number of benzene rings is 1. The molecule has 32 heavy (non-hydrogen) atoms. The smallest absolute Gasteiger partial charge is 0.222 e. The van der Waals surface area contributed by atoms with E-state index in [1.807, 2.05) is 30.3 Å². The Balaban J connectivity index is 2.44. The maximum atomic E-state index is 12.6. The van der Waals surface area contributed by atoms with E-state index in [0.717, 1.165) is 18.4 Å². The van der Waals surface area contributed by atoms with Gasteiger partial charge in [0.25, 0.3) is 0 Å². The topological polar surface area (TPSA) is 111 Å². The molecule has 1 unspecified atom stereocenters. The third-order valence-electron chi connectivity index (χ3n) is 5.85. The summed E-state index contributed by atoms with van der Waals surface area (Å²) in [5, 5.41) is 12.6. The molecule has 1 aromatic carbocycles. The Morgan fingerprint density at radius 3 is 2.19 bits per heavy atom. The van der Waals surface area contributed by atoms with E-state index in [9.17, 15) is 9.90 Å². The normalized spacial score (nSPS) is 14.1. The van der Waals surface area contributed by atoms with Crippen LogP contribution in [0.15, 0.2) is 30.3 Å². The van der Waals surface area contributed by atoms with Gasteiger partial charge in [0.1, 0.15) is 6.23 Å². The number of unbranched alkanes of at least 4 members (excludes halogenated alkanes) is 8. The van der Waals surface area contributed by atoms with E-state index in [2.05, 4.69) is 12.2 Å². The number of hydrogen-bond donors (Lipinski definition) is 4. The van der Waals surface area contributed by atoms with Crippen LogP contribution in [-0.2, 0) is 16.1 Å². The molecule has 0 bridgehead atoms. The molecule has 0 heterocycles. The Morgan fingerprint density at radius 1 is 0.969 bits per heavy atom. The molecule has 0 aromatic heterocycles. The van der Waals surface area contributed by atoms with Crippen LogP contribution in [0.25, 0.3) is 0 Å². The highest BCUT2D eigenvalue weighted by molar-refractivity contribution is 5.76. The predicted molar refractivity (Wildman–Crippen MR) is 132 cm³/mol. The van der Waals surface area contributed by atoms with E-state index in [0.29, 0.717) is 26.0 Å². The molecule has 0 spiro atoms. The van der Waals surface area contributed by atoms with E-state index in [-0.39, 0.29) is 18.4 Å². The van der Waals surface area contributed by atoms with Gasteiger partial charge in [0.05, 0.1) is 25.2 Å². The third-order valence-corrected chi connectivity index (χ3v) is 5.85. The first kappa shape index (κ1) is 28.6. The molecule has 0 fully saturated rings. The van der Waals surface area contributed by atoms with Crippen molar-refractivity contribution in [3.63, 3.8) is 0 Å². The zero-order valence-electron chi connectivity index (χ0n) is 20.1. The van der Waals surface area contributed by atoms with Gasteiger partial charge in [-0.1, -0.05) is 95.0 Å². The Morgan fingerprint density at radius 2 is 1.59 bits per heavy atom. The van der Waals surface area contributed by atoms with E-state index in [1.165, 1.54) is 51.4 Å². The van der Waals surface area contributed by atoms with Crippen molar-refractivity contribution in [2.45, 2.75) is 115 Å². The summed E-state index contributed by atoms with van der Waals surface area (Å²) in [6.07, 6.45) is 12.6. The molecule has 6 N–H and O–H groups in total. The van der Waals surface area contributed by atoms with Crippen LogP contribution in [0.3, 0.4) is 0 Å². The molecule has 184 valence electrons. The molecule has 3 atom stereocenters. The Kier molecular flexibility index (Phi) is 17.0. The number of hydrogen-bond acceptors (Lipinski definition) is 5. The molecule has 0 saturated carbocycles. The molecule has 0 aliphatic rings. The van der Waals surface area contributed by atoms with Gasteiger partial charge in [-0.15, -0.1) is 0 Å². The molecule has 6 nitrogen and oxygen atoms in total. The standard InChI is InChI=1S/C26H47N3O3/c1-2-3-4-5-6-7-8-9-13-17-23(32-21-22-15-11-10-12-16-22)20-25(30)29-24(26(28)31)18-14-19-27/h10-12,15-16,23-24,26,31H,2-9,13-14,17-21,27-28H2,1H3,(H,29,30)/t23-,24-,26?/m1/s1. The molecule has 0 aliphatic heterocycles. The van der Waals surface area contributed by atoms with Gasteiger partial charge >= 0.3 is 0 Å². The summed E-state index contributed by atoms with van der Waals surface area (Å²) in [7, 11) is 0. The maximum absolute atomic E-state index is 12.6. The van der Waals surface area contributed by atoms with Gasteiger partial charge in [0.15, 0.2) is 0 Å². The predicted octanol–water partition coefficient (Wildman–Crippen LogP) is 4.38. The van der Waals surface area contributed by atoms with Crippen LogP contribution in [0.2, 0.25) is 0 Å². The Bertz CT molecular complexity index is 569. The van der Waals surface area contributed by atoms with Crippen LogP contribution in [-0.4, -0.2) is 35.9 Å². The lowest BCUT2D eigenvalue weighted by Crippen LogP contribution is -2.48. The van der Waals surface area contributed by atoms with Gasteiger partial charge in [-0.05, 0) is 31.4 Å². The number of amides is 1. The highest BCUT2D eigenvalue weighted by Gasteiger charge is 2.20. The van der Waals surface area contributed by atoms with E-state index in [1.54, 1.807) is 0 Å². The lowest BCUT2D eigenvalue weighted by Gasteiger charge is -2.23. The summed E-state index contributed by atoms with van der Waals surface area (Å²) >= 11 is 0. The summed E-state index contributed by atoms with van der Waals surface area (Å²) in [5.74, 6) is -0.134. The molecule has 1 amide bonds. The van der Waals surface area contributed by atoms with Gasteiger partial charge in [0.2, 0.25) is 5.91 Å². The second-order valence-electron chi connectivity index (χ2n) is 8.84. The molecule has 1 aromatic rings. The molecule has 6 heteroatoms. The lowest BCUT2D eigenvalue weighted by atomic mass is 10.0. The van der Waals surface area contributed by atoms with Gasteiger partial charge in [0, 0.05) is 0 Å². The van der Waals surface area contributed by atoms with Gasteiger partial charge < -0.3 is 26.6 Å². The second kappa shape index (κ2) is 19.0. The fourth-order valence-corrected chi connectivity index (χ4v) is 3.85. The zero-order chi connectivity index (χ0) is 23.4. The molecular weight excluding hydrogens is 402 g/mol. The average molecular weight is 450 g/mol. The number of nitrogens with one attached hydrogen (secondary N) is 1. The fraction of sp³-hybridized carbons (Fsp3) is 0.731. The summed E-state index contributed by atoms with van der Waals surface area (Å²) < 4.78 is 6.12. The first-order chi connectivity index (χ1) is 15.6. The van der Waals surface area contributed by atoms with Crippen LogP contribution in [0.4, 0.5) is 0 Å². The summed E-state index contributed by atoms with van der Waals surface area (Å²) in [6, 6.07) is 9.55. The van der Waals surface area contributed by atoms with Gasteiger partial charge in [-0.2, -0.15) is 0 Å². The number of carbonyl (C=O) groups excluding carboxylic acids is 1. The second-order valence-corrected chi connectivity index (χ2v) is 8.84. The van der Waals surface area contributed by atoms with Crippen molar-refractivity contribution < 1.29 is 14.6 Å². The van der Waals surface area contributed by atoms with Crippen molar-refractivity contribution in [1.29, 1.82) is 0 Å². The third kappa shape index (κ3) is 14.6. The van der Waals surface area contributed by atoms with Crippen molar-refractivity contribution >= 4 is 5.91 Å². The van der Waals surface area contributed by atoms with Crippen LogP contribution in [0.5, 0.6) is 0 Å². The molecule has 0 radical (unpaired) electrons. The minimum absolute atomic E-state index is 0.134. The molecule has 0 aliphatic carbocycles. The van der Waals surface area contributed by atoms with Crippen molar-refractivity contribution in [1.82, 2.24) is 5.32 Å². The minimum atomic E-state index is -1.09. The van der Waals surface area contributed by atoms with E-state index >= 15 is 0 Å². The number of nitrogens with two attached hydrogens (primary N) is 2. The largest absolute Gasteiger partial charge is 0.377 e. The zero-order valence-corrected chi connectivity index (χ0v) is 20.1. The van der Waals surface area contributed by atoms with E-state index < -0.39 is 12.3 Å². The summed E-state index contributed by atoms with van der Waals surface area (Å²) in [4.78, 5) is 12.6. The first-order valence-corrected chi connectivity index (χ1v) is 12.6. The van der Waals surface area contributed by atoms with E-state index in [4.69, 9.17) is 16.2 Å². The minimum Gasteiger partial charge on any atom is -0.377 e. The highest BCUT2D eigenvalue weighted by atomic mass is 16.5. The Labute approximate surface area is 195 Å². The molecule has 1 rings (SSSR count). The average Bonchev–Trinajstić information content (AvgIpc) is 2.79. The fourth-order valence-electron chi connectivity index (χ4n) is 3.85. The lowest BCUT2D eigenvalue weighted by molar-refractivity contribution is -0.126. The van der Waals surface area contributed by atoms with Crippen molar-refractivity contribution in [3.05, 3.63) is 35.9 Å². The van der Waals surface area contributed by atoms with Crippen LogP contribution >= 0.6 is 0 Å². The SMILES string of the molecule is CCCCCCCCCCC[C@H](CC(=O)N[C@H](CCCN)C(N)O)OCc1ccccc1. The Hall–Kier alpha value is -1.47. The van der Waals surface area contributed by atoms with Crippen LogP contribution in [0, 0.1) is 0 Å². The number of ether oxygens (including phenoxy) is 1. The van der Waals surface area contributed by atoms with Crippen molar-refractivity contribution in [2.24, 2.45) is 11.5 Å². The summed E-state index contributed by atoms with van der Waals surface area (Å²) in [6.45, 7) is 3.24. The van der Waals surface area contributed by atoms with Crippen LogP contribution < -0.4 is 16.8 Å².